The Morgan fingerprint density at radius 3 is 2.44 bits per heavy atom. The lowest BCUT2D eigenvalue weighted by atomic mass is 10.2. The average molecular weight is 386 g/mol. The normalized spacial score (nSPS) is 9.85. The highest BCUT2D eigenvalue weighted by Crippen LogP contribution is 2.15. The van der Waals surface area contributed by atoms with Crippen molar-refractivity contribution in [1.82, 2.24) is 5.32 Å². The molecule has 7 nitrogen and oxygen atoms in total. The van der Waals surface area contributed by atoms with Gasteiger partial charge in [-0.15, -0.1) is 0 Å². The van der Waals surface area contributed by atoms with Crippen LogP contribution in [0.25, 0.3) is 0 Å². The van der Waals surface area contributed by atoms with Crippen LogP contribution in [0, 0.1) is 5.41 Å². The van der Waals surface area contributed by atoms with Crippen molar-refractivity contribution in [3.8, 4) is 0 Å². The van der Waals surface area contributed by atoms with Gasteiger partial charge in [-0.1, -0.05) is 30.3 Å². The number of aliphatic carboxylic acids is 1. The summed E-state index contributed by atoms with van der Waals surface area (Å²) in [7, 11) is 2.35. The van der Waals surface area contributed by atoms with Gasteiger partial charge in [-0.05, 0) is 42.2 Å². The Balaban J connectivity index is 0.00000176. The van der Waals surface area contributed by atoms with E-state index in [0.717, 1.165) is 25.2 Å². The Bertz CT molecular complexity index is 792. The molecule has 0 saturated heterocycles. The third-order valence-corrected chi connectivity index (χ3v) is 4.07. The molecule has 2 aromatic rings. The molecule has 1 amide bonds. The van der Waals surface area contributed by atoms with E-state index >= 15 is 0 Å². The van der Waals surface area contributed by atoms with Gasteiger partial charge in [-0.25, -0.2) is 0 Å². The van der Waals surface area contributed by atoms with E-state index in [2.05, 4.69) is 16.1 Å². The van der Waals surface area contributed by atoms with Crippen LogP contribution in [0.3, 0.4) is 0 Å². The lowest BCUT2D eigenvalue weighted by Gasteiger charge is -2.06. The smallest absolute Gasteiger partial charge is 0.305 e. The molecule has 0 fully saturated rings. The van der Waals surface area contributed by atoms with Crippen molar-refractivity contribution in [2.24, 2.45) is 5.73 Å². The zero-order valence-electron chi connectivity index (χ0n) is 15.0. The Hall–Kier alpha value is -3.02. The molecule has 0 spiro atoms. The van der Waals surface area contributed by atoms with E-state index in [9.17, 15) is 9.59 Å². The van der Waals surface area contributed by atoms with E-state index in [1.165, 1.54) is 13.3 Å². The van der Waals surface area contributed by atoms with Crippen LogP contribution >= 0.6 is 8.35 Å². The predicted octanol–water partition coefficient (Wildman–Crippen LogP) is 2.59. The van der Waals surface area contributed by atoms with Gasteiger partial charge in [0.15, 0.2) is 0 Å². The highest BCUT2D eigenvalue weighted by molar-refractivity contribution is 7.40. The molecule has 142 valence electrons. The summed E-state index contributed by atoms with van der Waals surface area (Å²) in [6.07, 6.45) is 1.20. The number of carbonyl (C=O) groups excluding carboxylic acids is 1. The van der Waals surface area contributed by atoms with Gasteiger partial charge < -0.3 is 26.7 Å². The molecule has 0 atom stereocenters. The van der Waals surface area contributed by atoms with Crippen molar-refractivity contribution >= 4 is 37.9 Å². The number of hydrogen-bond donors (Lipinski definition) is 5. The zero-order chi connectivity index (χ0) is 20.1. The molecule has 0 aliphatic rings. The van der Waals surface area contributed by atoms with Gasteiger partial charge in [-0.2, -0.15) is 0 Å². The second kappa shape index (κ2) is 12.4. The molecule has 0 heterocycles. The van der Waals surface area contributed by atoms with Gasteiger partial charge in [0.2, 0.25) is 0 Å². The third kappa shape index (κ3) is 8.27. The second-order valence-electron chi connectivity index (χ2n) is 5.16. The molecule has 2 aromatic carbocycles. The minimum atomic E-state index is -0.946. The summed E-state index contributed by atoms with van der Waals surface area (Å²) >= 11 is 0. The number of hydrogen-bond acceptors (Lipinski definition) is 5. The largest absolute Gasteiger partial charge is 0.481 e. The van der Waals surface area contributed by atoms with Crippen LogP contribution in [-0.2, 0) is 4.79 Å². The molecule has 0 aromatic heterocycles. The third-order valence-electron chi connectivity index (χ3n) is 3.26. The Morgan fingerprint density at radius 1 is 1.15 bits per heavy atom. The van der Waals surface area contributed by atoms with E-state index in [1.54, 1.807) is 18.2 Å². The number of nitrogens with two attached hydrogens (primary N) is 1. The maximum Gasteiger partial charge on any atom is 0.305 e. The number of nitrogens with one attached hydrogen (secondary N) is 3. The molecule has 0 bridgehead atoms. The summed E-state index contributed by atoms with van der Waals surface area (Å²) in [6, 6.07) is 14.6. The minimum Gasteiger partial charge on any atom is -0.481 e. The zero-order valence-corrected chi connectivity index (χ0v) is 15.9. The van der Waals surface area contributed by atoms with Gasteiger partial charge in [0, 0.05) is 32.4 Å². The first-order chi connectivity index (χ1) is 13.1. The highest BCUT2D eigenvalue weighted by atomic mass is 31.1. The fraction of sp³-hybridized carbons (Fsp3) is 0.158. The molecule has 2 rings (SSSR count). The Kier molecular flexibility index (Phi) is 10.1. The Labute approximate surface area is 160 Å². The van der Waals surface area contributed by atoms with E-state index in [0.29, 0.717) is 5.56 Å². The molecule has 27 heavy (non-hydrogen) atoms. The number of rotatable bonds is 8. The highest BCUT2D eigenvalue weighted by Gasteiger charge is 2.06. The van der Waals surface area contributed by atoms with Crippen LogP contribution in [-0.4, -0.2) is 42.6 Å². The standard InChI is InChI=1S/C18H18N3O3P.CH5N/c19-11-13-4-6-14(7-5-13)12-25-21-16-3-1-2-15(10-16)18(24)20-9-8-17(22)23;1-2/h1-7,10-12,19,21H,8-9H2,(H,20,24)(H,22,23);2H2,1H3. The number of carbonyl (C=O) groups is 2. The lowest BCUT2D eigenvalue weighted by molar-refractivity contribution is -0.136. The van der Waals surface area contributed by atoms with E-state index in [4.69, 9.17) is 10.5 Å². The minimum absolute atomic E-state index is 0.101. The average Bonchev–Trinajstić information content (AvgIpc) is 2.70. The first-order valence-corrected chi connectivity index (χ1v) is 9.12. The first kappa shape index (κ1) is 22.0. The van der Waals surface area contributed by atoms with Gasteiger partial charge in [0.05, 0.1) is 6.42 Å². The van der Waals surface area contributed by atoms with Crippen molar-refractivity contribution in [3.63, 3.8) is 0 Å². The molecule has 0 radical (unpaired) electrons. The fourth-order valence-corrected chi connectivity index (χ4v) is 2.65. The molecule has 0 aliphatic heterocycles. The number of amides is 1. The van der Waals surface area contributed by atoms with Gasteiger partial charge in [-0.3, -0.25) is 9.59 Å². The van der Waals surface area contributed by atoms with E-state index in [1.807, 2.05) is 36.1 Å². The number of anilines is 1. The van der Waals surface area contributed by atoms with Crippen LogP contribution in [0.5, 0.6) is 0 Å². The predicted molar refractivity (Wildman–Crippen MR) is 111 cm³/mol. The molecule has 8 heteroatoms. The molecular formula is C19H23N4O3P. The summed E-state index contributed by atoms with van der Waals surface area (Å²) in [5.74, 6) is 0.735. The monoisotopic (exact) mass is 386 g/mol. The van der Waals surface area contributed by atoms with Crippen LogP contribution < -0.4 is 16.1 Å². The van der Waals surface area contributed by atoms with Crippen molar-refractivity contribution in [3.05, 3.63) is 65.2 Å². The van der Waals surface area contributed by atoms with Gasteiger partial charge in [0.25, 0.3) is 5.91 Å². The fourth-order valence-electron chi connectivity index (χ4n) is 1.97. The molecule has 0 aliphatic carbocycles. The van der Waals surface area contributed by atoms with Crippen LogP contribution in [0.4, 0.5) is 5.69 Å². The van der Waals surface area contributed by atoms with Crippen LogP contribution in [0.15, 0.2) is 48.5 Å². The van der Waals surface area contributed by atoms with Crippen LogP contribution in [0.1, 0.15) is 27.9 Å². The maximum atomic E-state index is 12.0. The van der Waals surface area contributed by atoms with Gasteiger partial charge >= 0.3 is 5.97 Å². The van der Waals surface area contributed by atoms with Crippen molar-refractivity contribution in [2.45, 2.75) is 6.42 Å². The molecule has 6 N–H and O–H groups in total. The van der Waals surface area contributed by atoms with E-state index < -0.39 is 5.97 Å². The topological polar surface area (TPSA) is 128 Å². The van der Waals surface area contributed by atoms with Crippen molar-refractivity contribution < 1.29 is 14.7 Å². The number of benzene rings is 2. The van der Waals surface area contributed by atoms with Crippen molar-refractivity contribution in [1.29, 1.82) is 5.41 Å². The van der Waals surface area contributed by atoms with Crippen molar-refractivity contribution in [2.75, 3.05) is 18.7 Å². The van der Waals surface area contributed by atoms with Gasteiger partial charge in [0.1, 0.15) is 0 Å². The van der Waals surface area contributed by atoms with E-state index in [-0.39, 0.29) is 18.9 Å². The van der Waals surface area contributed by atoms with Crippen LogP contribution in [0.2, 0.25) is 0 Å². The number of carboxylic acids is 1. The second-order valence-corrected chi connectivity index (χ2v) is 5.90. The quantitative estimate of drug-likeness (QED) is 0.352. The summed E-state index contributed by atoms with van der Waals surface area (Å²) in [4.78, 5) is 22.4. The summed E-state index contributed by atoms with van der Waals surface area (Å²) < 4.78 is 0. The SMILES string of the molecule is CN.N=Cc1ccc(C=PNc2cccc(C(=O)NCCC(=O)O)c2)cc1. The number of carboxylic acid groups (broad SMARTS) is 1. The molecular weight excluding hydrogens is 363 g/mol. The lowest BCUT2D eigenvalue weighted by Crippen LogP contribution is -2.25. The Morgan fingerprint density at radius 2 is 1.81 bits per heavy atom. The summed E-state index contributed by atoms with van der Waals surface area (Å²) in [6.45, 7) is 0.101. The summed E-state index contributed by atoms with van der Waals surface area (Å²) in [5, 5.41) is 21.5. The summed E-state index contributed by atoms with van der Waals surface area (Å²) in [5.41, 5.74) is 7.64. The first-order valence-electron chi connectivity index (χ1n) is 8.16. The maximum absolute atomic E-state index is 12.0. The molecule has 0 saturated carbocycles. The molecule has 0 unspecified atom stereocenters.